The molecule has 3 aliphatic rings. The van der Waals surface area contributed by atoms with Gasteiger partial charge in [0, 0.05) is 44.7 Å². The first-order valence-electron chi connectivity index (χ1n) is 13.8. The summed E-state index contributed by atoms with van der Waals surface area (Å²) in [6.07, 6.45) is 7.94. The molecular formula is C27H34F2N8O2S. The largest absolute Gasteiger partial charge is 0.395 e. The molecule has 6 rings (SSSR count). The summed E-state index contributed by atoms with van der Waals surface area (Å²) in [4.78, 5) is 13.4. The highest BCUT2D eigenvalue weighted by Crippen LogP contribution is 2.54. The highest BCUT2D eigenvalue weighted by Gasteiger charge is 2.44. The molecule has 1 spiro atoms. The Morgan fingerprint density at radius 3 is 2.42 bits per heavy atom. The number of aromatic nitrogens is 5. The minimum Gasteiger partial charge on any atom is -0.395 e. The summed E-state index contributed by atoms with van der Waals surface area (Å²) in [6.45, 7) is 3.98. The van der Waals surface area contributed by atoms with Crippen molar-refractivity contribution >= 4 is 28.2 Å². The van der Waals surface area contributed by atoms with Gasteiger partial charge >= 0.3 is 0 Å². The third kappa shape index (κ3) is 5.67. The zero-order valence-corrected chi connectivity index (χ0v) is 23.3. The number of aryl methyl sites for hydroxylation is 1. The molecule has 13 heteroatoms. The van der Waals surface area contributed by atoms with Crippen LogP contribution in [0.2, 0.25) is 0 Å². The van der Waals surface area contributed by atoms with Crippen LogP contribution in [0.4, 0.5) is 26.0 Å². The van der Waals surface area contributed by atoms with Crippen LogP contribution in [-0.2, 0) is 11.0 Å². The lowest BCUT2D eigenvalue weighted by Crippen LogP contribution is -2.40. The Hall–Kier alpha value is -3.19. The quantitative estimate of drug-likeness (QED) is 0.420. The lowest BCUT2D eigenvalue weighted by atomic mass is 9.93. The lowest BCUT2D eigenvalue weighted by molar-refractivity contribution is -0.0221. The fourth-order valence-corrected chi connectivity index (χ4v) is 6.26. The van der Waals surface area contributed by atoms with Crippen molar-refractivity contribution in [3.8, 4) is 17.1 Å². The van der Waals surface area contributed by atoms with Crippen molar-refractivity contribution in [1.29, 1.82) is 0 Å². The minimum atomic E-state index is -2.64. The van der Waals surface area contributed by atoms with E-state index in [1.807, 2.05) is 30.0 Å². The van der Waals surface area contributed by atoms with Gasteiger partial charge in [0.25, 0.3) is 5.92 Å². The third-order valence-electron chi connectivity index (χ3n) is 8.33. The van der Waals surface area contributed by atoms with Gasteiger partial charge in [0.05, 0.1) is 41.8 Å². The molecule has 1 unspecified atom stereocenters. The molecule has 40 heavy (non-hydrogen) atoms. The first-order valence-corrected chi connectivity index (χ1v) is 15.1. The maximum absolute atomic E-state index is 13.7. The Balaban J connectivity index is 1.28. The minimum absolute atomic E-state index is 0.148. The highest BCUT2D eigenvalue weighted by molar-refractivity contribution is 7.86. The fourth-order valence-electron chi connectivity index (χ4n) is 5.61. The van der Waals surface area contributed by atoms with Crippen molar-refractivity contribution in [1.82, 2.24) is 25.0 Å². The molecule has 1 aliphatic carbocycles. The van der Waals surface area contributed by atoms with Gasteiger partial charge in [0.2, 0.25) is 0 Å². The van der Waals surface area contributed by atoms with E-state index in [-0.39, 0.29) is 38.3 Å². The zero-order valence-electron chi connectivity index (χ0n) is 22.5. The second-order valence-electron chi connectivity index (χ2n) is 11.1. The third-order valence-corrected chi connectivity index (χ3v) is 9.35. The molecule has 1 aromatic carbocycles. The number of rotatable bonds is 8. The summed E-state index contributed by atoms with van der Waals surface area (Å²) in [5.74, 6) is -1.89. The Morgan fingerprint density at radius 1 is 1.00 bits per heavy atom. The van der Waals surface area contributed by atoms with Crippen molar-refractivity contribution in [3.05, 3.63) is 36.3 Å². The van der Waals surface area contributed by atoms with E-state index in [9.17, 15) is 13.0 Å². The van der Waals surface area contributed by atoms with E-state index in [1.54, 1.807) is 17.1 Å². The molecule has 2 aliphatic heterocycles. The van der Waals surface area contributed by atoms with E-state index in [0.717, 1.165) is 37.3 Å². The predicted octanol–water partition coefficient (Wildman–Crippen LogP) is 3.72. The van der Waals surface area contributed by atoms with Crippen molar-refractivity contribution in [2.45, 2.75) is 51.4 Å². The molecule has 4 heterocycles. The smallest absolute Gasteiger partial charge is 0.251 e. The number of halogens is 2. The van der Waals surface area contributed by atoms with E-state index < -0.39 is 16.9 Å². The summed E-state index contributed by atoms with van der Waals surface area (Å²) < 4.78 is 44.4. The van der Waals surface area contributed by atoms with Crippen LogP contribution in [0.15, 0.2) is 30.6 Å². The Kier molecular flexibility index (Phi) is 7.19. The Labute approximate surface area is 234 Å². The Morgan fingerprint density at radius 2 is 1.73 bits per heavy atom. The molecular weight excluding hydrogens is 538 g/mol. The van der Waals surface area contributed by atoms with Crippen LogP contribution in [0.5, 0.6) is 0 Å². The van der Waals surface area contributed by atoms with Gasteiger partial charge in [-0.3, -0.25) is 4.98 Å². The molecule has 1 saturated carbocycles. The van der Waals surface area contributed by atoms with Crippen molar-refractivity contribution < 1.29 is 18.1 Å². The molecule has 10 nitrogen and oxygen atoms in total. The van der Waals surface area contributed by atoms with Gasteiger partial charge in [-0.2, -0.15) is 0 Å². The number of hydrogen-bond donors (Lipinski definition) is 2. The number of anilines is 3. The molecule has 0 radical (unpaired) electrons. The molecule has 3 aromatic rings. The topological polar surface area (TPSA) is 112 Å². The number of hydrogen-bond acceptors (Lipinski definition) is 8. The average molecular weight is 573 g/mol. The van der Waals surface area contributed by atoms with E-state index in [4.69, 9.17) is 10.1 Å². The average Bonchev–Trinajstić information content (AvgIpc) is 3.50. The number of benzene rings is 1. The SMILES string of the molecule is Cc1ncc(-c2cn(-c3ccc(NS(=O)CCO)cc3N3CCC4(CC3)CC4)nn2)nc1N1CCC(F)(F)CC1. The second-order valence-corrected chi connectivity index (χ2v) is 12.4. The fraction of sp³-hybridized carbons (Fsp3) is 0.556. The monoisotopic (exact) mass is 572 g/mol. The second kappa shape index (κ2) is 10.7. The van der Waals surface area contributed by atoms with Gasteiger partial charge < -0.3 is 19.6 Å². The summed E-state index contributed by atoms with van der Waals surface area (Å²) in [6, 6.07) is 5.75. The first kappa shape index (κ1) is 27.0. The maximum atomic E-state index is 13.7. The predicted molar refractivity (Wildman–Crippen MR) is 150 cm³/mol. The number of piperidine rings is 2. The van der Waals surface area contributed by atoms with E-state index in [2.05, 4.69) is 24.9 Å². The van der Waals surface area contributed by atoms with Gasteiger partial charge in [-0.25, -0.2) is 22.7 Å². The van der Waals surface area contributed by atoms with E-state index in [0.29, 0.717) is 34.0 Å². The maximum Gasteiger partial charge on any atom is 0.251 e. The van der Waals surface area contributed by atoms with Crippen LogP contribution in [0.3, 0.4) is 0 Å². The van der Waals surface area contributed by atoms with Crippen LogP contribution < -0.4 is 14.5 Å². The van der Waals surface area contributed by atoms with Gasteiger partial charge in [-0.05, 0) is 56.2 Å². The molecule has 0 amide bonds. The summed E-state index contributed by atoms with van der Waals surface area (Å²) in [7, 11) is -1.38. The number of nitrogens with one attached hydrogen (secondary N) is 1. The lowest BCUT2D eigenvalue weighted by Gasteiger charge is -2.35. The van der Waals surface area contributed by atoms with Crippen molar-refractivity contribution in [2.24, 2.45) is 5.41 Å². The highest BCUT2D eigenvalue weighted by atomic mass is 32.2. The molecule has 214 valence electrons. The summed E-state index contributed by atoms with van der Waals surface area (Å²) in [5, 5.41) is 17.9. The van der Waals surface area contributed by atoms with E-state index >= 15 is 0 Å². The van der Waals surface area contributed by atoms with Gasteiger partial charge in [-0.15, -0.1) is 5.10 Å². The number of aliphatic hydroxyl groups excluding tert-OH is 1. The Bertz CT molecular complexity index is 1390. The first-order chi connectivity index (χ1) is 19.2. The molecule has 2 aromatic heterocycles. The molecule has 2 saturated heterocycles. The van der Waals surface area contributed by atoms with E-state index in [1.165, 1.54) is 12.8 Å². The van der Waals surface area contributed by atoms with Gasteiger partial charge in [-0.1, -0.05) is 5.21 Å². The normalized spacial score (nSPS) is 20.5. The van der Waals surface area contributed by atoms with Crippen LogP contribution in [0.25, 0.3) is 17.1 Å². The van der Waals surface area contributed by atoms with Crippen LogP contribution in [0, 0.1) is 12.3 Å². The van der Waals surface area contributed by atoms with Crippen LogP contribution in [0.1, 0.15) is 44.2 Å². The molecule has 1 atom stereocenters. The van der Waals surface area contributed by atoms with Crippen LogP contribution >= 0.6 is 0 Å². The number of alkyl halides is 2. The van der Waals surface area contributed by atoms with Crippen LogP contribution in [-0.4, -0.2) is 78.7 Å². The van der Waals surface area contributed by atoms with Gasteiger partial charge in [0.1, 0.15) is 22.4 Å². The summed E-state index contributed by atoms with van der Waals surface area (Å²) >= 11 is 0. The number of aliphatic hydroxyl groups is 1. The number of nitrogens with zero attached hydrogens (tertiary/aromatic N) is 7. The van der Waals surface area contributed by atoms with Crippen molar-refractivity contribution in [3.63, 3.8) is 0 Å². The van der Waals surface area contributed by atoms with Crippen molar-refractivity contribution in [2.75, 3.05) is 53.1 Å². The standard InChI is InChI=1S/C27H34F2N8O2S/c1-19-25(36-12-8-27(28,29)9-13-36)31-21(17-30-19)22-18-37(34-32-22)23-3-2-20(33-40(39)15-14-38)16-24(23)35-10-6-26(4-5-26)7-11-35/h2-3,16-18,33,38H,4-15H2,1H3. The van der Waals surface area contributed by atoms with Gasteiger partial charge in [0.15, 0.2) is 5.82 Å². The molecule has 0 bridgehead atoms. The molecule has 2 N–H and O–H groups in total. The summed E-state index contributed by atoms with van der Waals surface area (Å²) in [5.41, 5.74) is 4.76. The zero-order chi connectivity index (χ0) is 27.9. The molecule has 3 fully saturated rings.